The number of rotatable bonds is 4. The first-order valence-corrected chi connectivity index (χ1v) is 9.81. The van der Waals surface area contributed by atoms with Crippen molar-refractivity contribution in [2.75, 3.05) is 24.5 Å². The Bertz CT molecular complexity index is 741. The lowest BCUT2D eigenvalue weighted by atomic mass is 9.87. The zero-order valence-corrected chi connectivity index (χ0v) is 15.9. The van der Waals surface area contributed by atoms with Crippen LogP contribution in [0.15, 0.2) is 54.6 Å². The zero-order valence-electron chi connectivity index (χ0n) is 15.9. The number of anilines is 1. The van der Waals surface area contributed by atoms with E-state index in [-0.39, 0.29) is 16.9 Å². The number of nitrogens with zero attached hydrogens (tertiary/aromatic N) is 2. The van der Waals surface area contributed by atoms with Gasteiger partial charge in [-0.05, 0) is 75.9 Å². The lowest BCUT2D eigenvalue weighted by Gasteiger charge is -2.35. The molecule has 0 bridgehead atoms. The Morgan fingerprint density at radius 3 is 2.46 bits per heavy atom. The van der Waals surface area contributed by atoms with Crippen molar-refractivity contribution in [3.63, 3.8) is 0 Å². The maximum atomic E-state index is 13.4. The van der Waals surface area contributed by atoms with Gasteiger partial charge >= 0.3 is 0 Å². The third-order valence-corrected chi connectivity index (χ3v) is 6.34. The molecule has 2 fully saturated rings. The predicted octanol–water partition coefficient (Wildman–Crippen LogP) is 4.89. The van der Waals surface area contributed by atoms with Crippen molar-refractivity contribution in [3.05, 3.63) is 66.0 Å². The molecule has 3 heteroatoms. The van der Waals surface area contributed by atoms with Crippen LogP contribution in [0.4, 0.5) is 10.1 Å². The quantitative estimate of drug-likeness (QED) is 0.773. The Balaban J connectivity index is 1.52. The molecule has 138 valence electrons. The molecule has 2 aromatic rings. The summed E-state index contributed by atoms with van der Waals surface area (Å²) in [5, 5.41) is 0. The van der Waals surface area contributed by atoms with Gasteiger partial charge in [0.1, 0.15) is 5.82 Å². The third-order valence-electron chi connectivity index (χ3n) is 6.34. The van der Waals surface area contributed by atoms with E-state index in [1.54, 1.807) is 12.1 Å². The van der Waals surface area contributed by atoms with Crippen LogP contribution in [0.25, 0.3) is 0 Å². The second-order valence-corrected chi connectivity index (χ2v) is 8.60. The van der Waals surface area contributed by atoms with Gasteiger partial charge in [-0.2, -0.15) is 0 Å². The molecule has 2 saturated heterocycles. The van der Waals surface area contributed by atoms with E-state index in [4.69, 9.17) is 0 Å². The number of benzene rings is 2. The van der Waals surface area contributed by atoms with E-state index < -0.39 is 0 Å². The van der Waals surface area contributed by atoms with Crippen LogP contribution in [0.3, 0.4) is 0 Å². The Labute approximate surface area is 156 Å². The van der Waals surface area contributed by atoms with Gasteiger partial charge in [-0.15, -0.1) is 0 Å². The van der Waals surface area contributed by atoms with Crippen LogP contribution in [0, 0.1) is 5.82 Å². The second kappa shape index (κ2) is 6.70. The summed E-state index contributed by atoms with van der Waals surface area (Å²) in [6.45, 7) is 8.02. The van der Waals surface area contributed by atoms with Gasteiger partial charge in [0, 0.05) is 29.9 Å². The van der Waals surface area contributed by atoms with Crippen molar-refractivity contribution in [2.24, 2.45) is 0 Å². The van der Waals surface area contributed by atoms with Gasteiger partial charge in [0.05, 0.1) is 0 Å². The first-order chi connectivity index (χ1) is 12.5. The summed E-state index contributed by atoms with van der Waals surface area (Å²) < 4.78 is 13.4. The van der Waals surface area contributed by atoms with Gasteiger partial charge < -0.3 is 4.90 Å². The van der Waals surface area contributed by atoms with E-state index in [0.717, 1.165) is 25.2 Å². The highest BCUT2D eigenvalue weighted by molar-refractivity contribution is 5.51. The lowest BCUT2D eigenvalue weighted by molar-refractivity contribution is 0.151. The van der Waals surface area contributed by atoms with Crippen LogP contribution < -0.4 is 4.90 Å². The molecule has 26 heavy (non-hydrogen) atoms. The monoisotopic (exact) mass is 352 g/mol. The molecule has 0 N–H and O–H groups in total. The molecule has 1 unspecified atom stereocenters. The molecular formula is C23H29FN2. The summed E-state index contributed by atoms with van der Waals surface area (Å²) in [5.74, 6) is -0.161. The largest absolute Gasteiger partial charge is 0.364 e. The molecular weight excluding hydrogens is 323 g/mol. The zero-order chi connectivity index (χ0) is 18.2. The van der Waals surface area contributed by atoms with Gasteiger partial charge in [-0.3, -0.25) is 4.90 Å². The number of halogens is 1. The van der Waals surface area contributed by atoms with Gasteiger partial charge in [-0.1, -0.05) is 30.3 Å². The molecule has 0 amide bonds. The molecule has 0 saturated carbocycles. The van der Waals surface area contributed by atoms with Crippen molar-refractivity contribution < 1.29 is 4.39 Å². The summed E-state index contributed by atoms with van der Waals surface area (Å²) in [5.41, 5.74) is 2.91. The topological polar surface area (TPSA) is 6.48 Å². The number of likely N-dealkylation sites (tertiary alicyclic amines) is 1. The van der Waals surface area contributed by atoms with E-state index in [1.165, 1.54) is 31.4 Å². The van der Waals surface area contributed by atoms with Crippen LogP contribution in [-0.4, -0.2) is 35.6 Å². The van der Waals surface area contributed by atoms with E-state index in [9.17, 15) is 4.39 Å². The average molecular weight is 352 g/mol. The minimum atomic E-state index is -0.161. The normalized spacial score (nSPS) is 25.3. The van der Waals surface area contributed by atoms with Crippen LogP contribution in [0.5, 0.6) is 0 Å². The molecule has 0 radical (unpaired) electrons. The molecule has 0 aliphatic carbocycles. The highest BCUT2D eigenvalue weighted by Crippen LogP contribution is 2.46. The van der Waals surface area contributed by atoms with Crippen molar-refractivity contribution in [3.8, 4) is 0 Å². The Hall–Kier alpha value is -1.87. The second-order valence-electron chi connectivity index (χ2n) is 8.60. The van der Waals surface area contributed by atoms with E-state index in [0.29, 0.717) is 0 Å². The van der Waals surface area contributed by atoms with Gasteiger partial charge in [0.2, 0.25) is 0 Å². The molecule has 2 nitrogen and oxygen atoms in total. The molecule has 2 aromatic carbocycles. The summed E-state index contributed by atoms with van der Waals surface area (Å²) >= 11 is 0. The number of hydrogen-bond acceptors (Lipinski definition) is 2. The fraction of sp³-hybridized carbons (Fsp3) is 0.478. The van der Waals surface area contributed by atoms with Crippen molar-refractivity contribution >= 4 is 5.69 Å². The Morgan fingerprint density at radius 1 is 1.00 bits per heavy atom. The Kier molecular flexibility index (Phi) is 4.52. The van der Waals surface area contributed by atoms with Crippen LogP contribution in [-0.2, 0) is 6.42 Å². The van der Waals surface area contributed by atoms with E-state index in [1.807, 2.05) is 12.1 Å². The summed E-state index contributed by atoms with van der Waals surface area (Å²) in [6, 6.07) is 17.8. The standard InChI is InChI=1S/C23H29FN2/c1-22(2)17-23(18-26(22)21-11-9-20(24)10-12-21)14-6-15-25(23)16-13-19-7-4-3-5-8-19/h3-5,7-12H,6,13-18H2,1-2H3. The van der Waals surface area contributed by atoms with Crippen LogP contribution in [0.2, 0.25) is 0 Å². The van der Waals surface area contributed by atoms with Gasteiger partial charge in [-0.25, -0.2) is 4.39 Å². The molecule has 2 aliphatic rings. The van der Waals surface area contributed by atoms with Crippen molar-refractivity contribution in [1.82, 2.24) is 4.90 Å². The average Bonchev–Trinajstić information content (AvgIpc) is 3.14. The summed E-state index contributed by atoms with van der Waals surface area (Å²) in [4.78, 5) is 5.22. The minimum absolute atomic E-state index is 0.0904. The molecule has 1 atom stereocenters. The lowest BCUT2D eigenvalue weighted by Crippen LogP contribution is -2.47. The first-order valence-electron chi connectivity index (χ1n) is 9.81. The molecule has 1 spiro atoms. The summed E-state index contributed by atoms with van der Waals surface area (Å²) in [7, 11) is 0. The highest BCUT2D eigenvalue weighted by atomic mass is 19.1. The molecule has 4 rings (SSSR count). The van der Waals surface area contributed by atoms with Gasteiger partial charge in [0.25, 0.3) is 0 Å². The molecule has 2 aliphatic heterocycles. The summed E-state index contributed by atoms with van der Waals surface area (Å²) in [6.07, 6.45) is 4.83. The first kappa shape index (κ1) is 17.5. The maximum absolute atomic E-state index is 13.4. The van der Waals surface area contributed by atoms with Crippen LogP contribution >= 0.6 is 0 Å². The van der Waals surface area contributed by atoms with Crippen molar-refractivity contribution in [2.45, 2.75) is 50.6 Å². The SMILES string of the molecule is CC1(C)CC2(CCCN2CCc2ccccc2)CN1c1ccc(F)cc1. The fourth-order valence-corrected chi connectivity index (χ4v) is 5.16. The van der Waals surface area contributed by atoms with E-state index >= 15 is 0 Å². The maximum Gasteiger partial charge on any atom is 0.123 e. The van der Waals surface area contributed by atoms with Gasteiger partial charge in [0.15, 0.2) is 0 Å². The molecule has 0 aromatic heterocycles. The van der Waals surface area contributed by atoms with Crippen molar-refractivity contribution in [1.29, 1.82) is 0 Å². The molecule has 2 heterocycles. The highest BCUT2D eigenvalue weighted by Gasteiger charge is 2.53. The number of hydrogen-bond donors (Lipinski definition) is 0. The Morgan fingerprint density at radius 2 is 1.73 bits per heavy atom. The third kappa shape index (κ3) is 3.25. The van der Waals surface area contributed by atoms with Crippen LogP contribution in [0.1, 0.15) is 38.7 Å². The predicted molar refractivity (Wildman–Crippen MR) is 106 cm³/mol. The van der Waals surface area contributed by atoms with E-state index in [2.05, 4.69) is 54.0 Å². The smallest absolute Gasteiger partial charge is 0.123 e. The fourth-order valence-electron chi connectivity index (χ4n) is 5.16. The minimum Gasteiger partial charge on any atom is -0.364 e.